The maximum Gasteiger partial charge on any atom is 0.128 e. The van der Waals surface area contributed by atoms with Gasteiger partial charge in [-0.05, 0) is 20.9 Å². The van der Waals surface area contributed by atoms with Gasteiger partial charge >= 0.3 is 0 Å². The standard InChI is InChI=1S/C15H26N2O3/c1-11-9-17-14(12(2)15(11)19-5)8-13(16-3)10-20-7-6-18-4/h9,13,16H,6-8,10H2,1-5H3. The monoisotopic (exact) mass is 282 g/mol. The van der Waals surface area contributed by atoms with Gasteiger partial charge in [0.2, 0.25) is 0 Å². The van der Waals surface area contributed by atoms with E-state index in [0.29, 0.717) is 19.8 Å². The van der Waals surface area contributed by atoms with E-state index in [4.69, 9.17) is 14.2 Å². The second-order valence-corrected chi connectivity index (χ2v) is 4.80. The highest BCUT2D eigenvalue weighted by Crippen LogP contribution is 2.24. The van der Waals surface area contributed by atoms with Crippen LogP contribution in [0.3, 0.4) is 0 Å². The largest absolute Gasteiger partial charge is 0.496 e. The molecule has 0 fully saturated rings. The van der Waals surface area contributed by atoms with E-state index < -0.39 is 0 Å². The highest BCUT2D eigenvalue weighted by molar-refractivity contribution is 5.41. The Morgan fingerprint density at radius 2 is 2.00 bits per heavy atom. The van der Waals surface area contributed by atoms with E-state index in [-0.39, 0.29) is 6.04 Å². The molecule has 20 heavy (non-hydrogen) atoms. The number of methoxy groups -OCH3 is 2. The van der Waals surface area contributed by atoms with Crippen molar-refractivity contribution in [2.75, 3.05) is 41.1 Å². The molecule has 0 aliphatic heterocycles. The minimum absolute atomic E-state index is 0.227. The van der Waals surface area contributed by atoms with Crippen LogP contribution in [0.15, 0.2) is 6.20 Å². The van der Waals surface area contributed by atoms with Crippen molar-refractivity contribution in [2.45, 2.75) is 26.3 Å². The van der Waals surface area contributed by atoms with Crippen LogP contribution in [0.1, 0.15) is 16.8 Å². The maximum atomic E-state index is 5.57. The van der Waals surface area contributed by atoms with E-state index in [1.54, 1.807) is 14.2 Å². The van der Waals surface area contributed by atoms with Crippen LogP contribution in [-0.2, 0) is 15.9 Å². The summed E-state index contributed by atoms with van der Waals surface area (Å²) in [5.41, 5.74) is 3.21. The molecule has 0 aliphatic rings. The zero-order valence-electron chi connectivity index (χ0n) is 13.2. The van der Waals surface area contributed by atoms with E-state index in [0.717, 1.165) is 29.0 Å². The quantitative estimate of drug-likeness (QED) is 0.696. The van der Waals surface area contributed by atoms with Gasteiger partial charge in [0.15, 0.2) is 0 Å². The molecule has 1 rings (SSSR count). The first-order valence-electron chi connectivity index (χ1n) is 6.87. The first kappa shape index (κ1) is 16.9. The molecular formula is C15H26N2O3. The zero-order valence-corrected chi connectivity index (χ0v) is 13.2. The minimum Gasteiger partial charge on any atom is -0.496 e. The molecule has 0 saturated carbocycles. The predicted octanol–water partition coefficient (Wildman–Crippen LogP) is 1.50. The molecule has 114 valence electrons. The van der Waals surface area contributed by atoms with Gasteiger partial charge in [0.05, 0.1) is 26.9 Å². The Labute approximate surface area is 121 Å². The fourth-order valence-corrected chi connectivity index (χ4v) is 2.12. The summed E-state index contributed by atoms with van der Waals surface area (Å²) < 4.78 is 16.0. The van der Waals surface area contributed by atoms with Crippen LogP contribution in [0.25, 0.3) is 0 Å². The van der Waals surface area contributed by atoms with Crippen LogP contribution in [0.5, 0.6) is 5.75 Å². The Hall–Kier alpha value is -1.17. The first-order chi connectivity index (χ1) is 9.63. The van der Waals surface area contributed by atoms with Crippen LogP contribution in [0, 0.1) is 13.8 Å². The van der Waals surface area contributed by atoms with Crippen LogP contribution >= 0.6 is 0 Å². The topological polar surface area (TPSA) is 52.6 Å². The van der Waals surface area contributed by atoms with Crippen molar-refractivity contribution in [1.82, 2.24) is 10.3 Å². The SMILES string of the molecule is CNC(COCCOC)Cc1ncc(C)c(OC)c1C. The van der Waals surface area contributed by atoms with Crippen molar-refractivity contribution < 1.29 is 14.2 Å². The molecule has 1 N–H and O–H groups in total. The Bertz CT molecular complexity index is 410. The molecule has 1 aromatic heterocycles. The molecule has 1 aromatic rings. The summed E-state index contributed by atoms with van der Waals surface area (Å²) in [5.74, 6) is 0.921. The fourth-order valence-electron chi connectivity index (χ4n) is 2.12. The van der Waals surface area contributed by atoms with E-state index in [2.05, 4.69) is 10.3 Å². The lowest BCUT2D eigenvalue weighted by Crippen LogP contribution is -2.33. The van der Waals surface area contributed by atoms with Gasteiger partial charge in [0, 0.05) is 42.6 Å². The fraction of sp³-hybridized carbons (Fsp3) is 0.667. The summed E-state index contributed by atoms with van der Waals surface area (Å²) >= 11 is 0. The van der Waals surface area contributed by atoms with Gasteiger partial charge in [-0.25, -0.2) is 0 Å². The summed E-state index contributed by atoms with van der Waals surface area (Å²) in [6.07, 6.45) is 2.67. The van der Waals surface area contributed by atoms with Crippen LogP contribution in [0.4, 0.5) is 0 Å². The van der Waals surface area contributed by atoms with Crippen molar-refractivity contribution in [3.8, 4) is 5.75 Å². The van der Waals surface area contributed by atoms with Gasteiger partial charge < -0.3 is 19.5 Å². The molecule has 0 radical (unpaired) electrons. The molecular weight excluding hydrogens is 256 g/mol. The molecule has 1 unspecified atom stereocenters. The number of pyridine rings is 1. The summed E-state index contributed by atoms with van der Waals surface area (Å²) in [7, 11) is 5.30. The van der Waals surface area contributed by atoms with Crippen molar-refractivity contribution in [1.29, 1.82) is 0 Å². The number of hydrogen-bond donors (Lipinski definition) is 1. The van der Waals surface area contributed by atoms with Gasteiger partial charge in [-0.2, -0.15) is 0 Å². The molecule has 1 atom stereocenters. The highest BCUT2D eigenvalue weighted by Gasteiger charge is 2.14. The van der Waals surface area contributed by atoms with Crippen LogP contribution in [-0.4, -0.2) is 52.1 Å². The van der Waals surface area contributed by atoms with Gasteiger partial charge in [0.1, 0.15) is 5.75 Å². The zero-order chi connectivity index (χ0) is 15.0. The van der Waals surface area contributed by atoms with E-state index >= 15 is 0 Å². The van der Waals surface area contributed by atoms with Crippen molar-refractivity contribution >= 4 is 0 Å². The highest BCUT2D eigenvalue weighted by atomic mass is 16.5. The molecule has 0 bridgehead atoms. The molecule has 5 heteroatoms. The third kappa shape index (κ3) is 4.74. The maximum absolute atomic E-state index is 5.57. The van der Waals surface area contributed by atoms with Gasteiger partial charge in [-0.15, -0.1) is 0 Å². The second-order valence-electron chi connectivity index (χ2n) is 4.80. The molecule has 0 aromatic carbocycles. The molecule has 0 aliphatic carbocycles. The Morgan fingerprint density at radius 1 is 1.25 bits per heavy atom. The number of nitrogens with one attached hydrogen (secondary N) is 1. The minimum atomic E-state index is 0.227. The second kappa shape index (κ2) is 8.89. The average Bonchev–Trinajstić information content (AvgIpc) is 2.45. The smallest absolute Gasteiger partial charge is 0.128 e. The summed E-state index contributed by atoms with van der Waals surface area (Å²) in [6, 6.07) is 0.227. The number of likely N-dealkylation sites (N-methyl/N-ethyl adjacent to an activating group) is 1. The third-order valence-corrected chi connectivity index (χ3v) is 3.35. The Morgan fingerprint density at radius 3 is 2.60 bits per heavy atom. The number of rotatable bonds is 9. The van der Waals surface area contributed by atoms with Crippen molar-refractivity contribution in [3.05, 3.63) is 23.0 Å². The number of ether oxygens (including phenoxy) is 3. The molecule has 1 heterocycles. The Kier molecular flexibility index (Phi) is 7.51. The lowest BCUT2D eigenvalue weighted by Gasteiger charge is -2.18. The third-order valence-electron chi connectivity index (χ3n) is 3.35. The summed E-state index contributed by atoms with van der Waals surface area (Å²) in [6.45, 7) is 5.92. The van der Waals surface area contributed by atoms with E-state index in [1.165, 1.54) is 0 Å². The van der Waals surface area contributed by atoms with Crippen LogP contribution in [0.2, 0.25) is 0 Å². The lowest BCUT2D eigenvalue weighted by molar-refractivity contribution is 0.0596. The normalized spacial score (nSPS) is 12.4. The lowest BCUT2D eigenvalue weighted by atomic mass is 10.0. The molecule has 0 spiro atoms. The summed E-state index contributed by atoms with van der Waals surface area (Å²) in [4.78, 5) is 4.52. The van der Waals surface area contributed by atoms with E-state index in [1.807, 2.05) is 27.1 Å². The number of aromatic nitrogens is 1. The van der Waals surface area contributed by atoms with Gasteiger partial charge in [-0.1, -0.05) is 0 Å². The van der Waals surface area contributed by atoms with Crippen molar-refractivity contribution in [2.24, 2.45) is 0 Å². The molecule has 0 saturated heterocycles. The van der Waals surface area contributed by atoms with Gasteiger partial charge in [-0.3, -0.25) is 4.98 Å². The number of nitrogens with zero attached hydrogens (tertiary/aromatic N) is 1. The average molecular weight is 282 g/mol. The van der Waals surface area contributed by atoms with Gasteiger partial charge in [0.25, 0.3) is 0 Å². The Balaban J connectivity index is 2.65. The number of hydrogen-bond acceptors (Lipinski definition) is 5. The predicted molar refractivity (Wildman–Crippen MR) is 79.5 cm³/mol. The first-order valence-corrected chi connectivity index (χ1v) is 6.87. The molecule has 0 amide bonds. The summed E-state index contributed by atoms with van der Waals surface area (Å²) in [5, 5.41) is 3.26. The molecule has 5 nitrogen and oxygen atoms in total. The van der Waals surface area contributed by atoms with Crippen molar-refractivity contribution in [3.63, 3.8) is 0 Å². The number of aryl methyl sites for hydroxylation is 1. The van der Waals surface area contributed by atoms with Crippen LogP contribution < -0.4 is 10.1 Å². The van der Waals surface area contributed by atoms with E-state index in [9.17, 15) is 0 Å².